The number of hydrogen-bond acceptors (Lipinski definition) is 3. The van der Waals surface area contributed by atoms with Crippen molar-refractivity contribution in [2.45, 2.75) is 25.4 Å². The third kappa shape index (κ3) is 2.37. The summed E-state index contributed by atoms with van der Waals surface area (Å²) < 4.78 is 14.7. The first-order valence-electron chi connectivity index (χ1n) is 5.67. The van der Waals surface area contributed by atoms with Gasteiger partial charge in [-0.1, -0.05) is 0 Å². The summed E-state index contributed by atoms with van der Waals surface area (Å²) in [6.45, 7) is 0.810. The number of fused-ring (bicyclic) bond motifs is 1. The quantitative estimate of drug-likeness (QED) is 0.858. The minimum Gasteiger partial charge on any atom is -0.327 e. The Labute approximate surface area is 110 Å². The van der Waals surface area contributed by atoms with Crippen LogP contribution in [0.4, 0.5) is 4.39 Å². The average Bonchev–Trinajstić information content (AvgIpc) is 2.72. The van der Waals surface area contributed by atoms with Gasteiger partial charge in [0, 0.05) is 24.6 Å². The van der Waals surface area contributed by atoms with Crippen LogP contribution in [0.2, 0.25) is 0 Å². The first-order valence-corrected chi connectivity index (χ1v) is 5.67. The molecule has 2 aromatic rings. The van der Waals surface area contributed by atoms with Gasteiger partial charge in [-0.25, -0.2) is 14.1 Å². The minimum absolute atomic E-state index is 0. The molecular weight excluding hydrogens is 255 g/mol. The number of aromatic nitrogens is 3. The molecule has 2 N–H and O–H groups in total. The smallest absolute Gasteiger partial charge is 0.181 e. The highest BCUT2D eigenvalue weighted by atomic mass is 35.5. The maximum absolute atomic E-state index is 12.8. The van der Waals surface area contributed by atoms with Gasteiger partial charge in [-0.05, 0) is 30.7 Å². The molecule has 2 heterocycles. The molecule has 0 amide bonds. The molecule has 0 radical (unpaired) electrons. The van der Waals surface area contributed by atoms with E-state index in [2.05, 4.69) is 10.1 Å². The van der Waals surface area contributed by atoms with Crippen LogP contribution in [-0.4, -0.2) is 20.8 Å². The number of rotatable bonds is 1. The predicted molar refractivity (Wildman–Crippen MR) is 69.0 cm³/mol. The van der Waals surface area contributed by atoms with E-state index >= 15 is 0 Å². The van der Waals surface area contributed by atoms with Crippen molar-refractivity contribution in [3.63, 3.8) is 0 Å². The largest absolute Gasteiger partial charge is 0.327 e. The summed E-state index contributed by atoms with van der Waals surface area (Å²) in [6, 6.07) is 6.39. The summed E-state index contributed by atoms with van der Waals surface area (Å²) in [5.41, 5.74) is 6.72. The molecular formula is C12H14ClFN4. The van der Waals surface area contributed by atoms with Crippen molar-refractivity contribution in [3.05, 3.63) is 35.9 Å². The van der Waals surface area contributed by atoms with Gasteiger partial charge in [0.2, 0.25) is 0 Å². The molecule has 1 aliphatic rings. The van der Waals surface area contributed by atoms with Gasteiger partial charge in [-0.2, -0.15) is 5.10 Å². The summed E-state index contributed by atoms with van der Waals surface area (Å²) in [7, 11) is 0. The van der Waals surface area contributed by atoms with Crippen LogP contribution in [0.15, 0.2) is 24.3 Å². The van der Waals surface area contributed by atoms with Crippen molar-refractivity contribution in [1.29, 1.82) is 0 Å². The molecule has 1 aromatic carbocycles. The number of hydrogen-bond donors (Lipinski definition) is 1. The van der Waals surface area contributed by atoms with Crippen LogP contribution < -0.4 is 5.73 Å². The molecule has 6 heteroatoms. The van der Waals surface area contributed by atoms with Crippen LogP contribution in [0.3, 0.4) is 0 Å². The third-order valence-corrected chi connectivity index (χ3v) is 3.01. The second kappa shape index (κ2) is 5.04. The van der Waals surface area contributed by atoms with Crippen LogP contribution in [0.5, 0.6) is 0 Å². The summed E-state index contributed by atoms with van der Waals surface area (Å²) in [5.74, 6) is 1.32. The lowest BCUT2D eigenvalue weighted by molar-refractivity contribution is 0.433. The molecule has 18 heavy (non-hydrogen) atoms. The fourth-order valence-electron chi connectivity index (χ4n) is 2.05. The normalized spacial score (nSPS) is 18.0. The Morgan fingerprint density at radius 1 is 1.28 bits per heavy atom. The van der Waals surface area contributed by atoms with Crippen molar-refractivity contribution < 1.29 is 4.39 Å². The van der Waals surface area contributed by atoms with Gasteiger partial charge >= 0.3 is 0 Å². The van der Waals surface area contributed by atoms with E-state index < -0.39 is 0 Å². The molecule has 0 aliphatic carbocycles. The van der Waals surface area contributed by atoms with Crippen LogP contribution in [0.25, 0.3) is 11.4 Å². The molecule has 1 unspecified atom stereocenters. The van der Waals surface area contributed by atoms with Crippen LogP contribution in [0.1, 0.15) is 12.2 Å². The van der Waals surface area contributed by atoms with E-state index in [0.29, 0.717) is 5.82 Å². The van der Waals surface area contributed by atoms with E-state index in [0.717, 1.165) is 30.8 Å². The third-order valence-electron chi connectivity index (χ3n) is 3.01. The van der Waals surface area contributed by atoms with E-state index in [1.165, 1.54) is 12.1 Å². The van der Waals surface area contributed by atoms with Crippen molar-refractivity contribution >= 4 is 12.4 Å². The topological polar surface area (TPSA) is 56.7 Å². The van der Waals surface area contributed by atoms with Crippen LogP contribution >= 0.6 is 12.4 Å². The minimum atomic E-state index is -0.250. The summed E-state index contributed by atoms with van der Waals surface area (Å²) in [4.78, 5) is 4.45. The van der Waals surface area contributed by atoms with E-state index in [4.69, 9.17) is 5.73 Å². The lowest BCUT2D eigenvalue weighted by Gasteiger charge is -2.17. The molecule has 96 valence electrons. The van der Waals surface area contributed by atoms with Gasteiger partial charge in [0.15, 0.2) is 5.82 Å². The maximum atomic E-state index is 12.8. The monoisotopic (exact) mass is 268 g/mol. The number of halogens is 2. The van der Waals surface area contributed by atoms with Gasteiger partial charge in [0.05, 0.1) is 0 Å². The summed E-state index contributed by atoms with van der Waals surface area (Å²) in [5, 5.41) is 4.41. The summed E-state index contributed by atoms with van der Waals surface area (Å²) >= 11 is 0. The Kier molecular flexibility index (Phi) is 3.63. The van der Waals surface area contributed by atoms with Crippen LogP contribution in [0, 0.1) is 5.82 Å². The Morgan fingerprint density at radius 3 is 2.72 bits per heavy atom. The highest BCUT2D eigenvalue weighted by Gasteiger charge is 2.19. The molecule has 0 saturated carbocycles. The molecule has 1 atom stereocenters. The van der Waals surface area contributed by atoms with E-state index in [1.54, 1.807) is 12.1 Å². The van der Waals surface area contributed by atoms with Crippen molar-refractivity contribution in [3.8, 4) is 11.4 Å². The Bertz CT molecular complexity index is 538. The molecule has 0 saturated heterocycles. The highest BCUT2D eigenvalue weighted by molar-refractivity contribution is 5.85. The first kappa shape index (κ1) is 13.0. The van der Waals surface area contributed by atoms with Gasteiger partial charge in [-0.3, -0.25) is 0 Å². The number of benzene rings is 1. The van der Waals surface area contributed by atoms with Gasteiger partial charge in [0.1, 0.15) is 11.6 Å². The second-order valence-electron chi connectivity index (χ2n) is 4.33. The average molecular weight is 269 g/mol. The fraction of sp³-hybridized carbons (Fsp3) is 0.333. The van der Waals surface area contributed by atoms with E-state index in [-0.39, 0.29) is 24.3 Å². The van der Waals surface area contributed by atoms with Crippen molar-refractivity contribution in [2.24, 2.45) is 5.73 Å². The predicted octanol–water partition coefficient (Wildman–Crippen LogP) is 1.78. The highest BCUT2D eigenvalue weighted by Crippen LogP contribution is 2.19. The van der Waals surface area contributed by atoms with E-state index in [9.17, 15) is 4.39 Å². The van der Waals surface area contributed by atoms with Crippen LogP contribution in [-0.2, 0) is 13.0 Å². The van der Waals surface area contributed by atoms with Crippen molar-refractivity contribution in [2.75, 3.05) is 0 Å². The second-order valence-corrected chi connectivity index (χ2v) is 4.33. The zero-order chi connectivity index (χ0) is 11.8. The molecule has 0 fully saturated rings. The van der Waals surface area contributed by atoms with Gasteiger partial charge < -0.3 is 5.73 Å². The van der Waals surface area contributed by atoms with E-state index in [1.807, 2.05) is 4.68 Å². The lowest BCUT2D eigenvalue weighted by Crippen LogP contribution is -2.31. The Balaban J connectivity index is 0.00000120. The Morgan fingerprint density at radius 2 is 2.00 bits per heavy atom. The zero-order valence-electron chi connectivity index (χ0n) is 9.71. The lowest BCUT2D eigenvalue weighted by atomic mass is 10.1. The molecule has 0 bridgehead atoms. The zero-order valence-corrected chi connectivity index (χ0v) is 10.5. The molecule has 4 nitrogen and oxygen atoms in total. The summed E-state index contributed by atoms with van der Waals surface area (Å²) in [6.07, 6.45) is 1.69. The Hall–Kier alpha value is -1.46. The van der Waals surface area contributed by atoms with Crippen molar-refractivity contribution in [1.82, 2.24) is 14.8 Å². The molecule has 1 aromatic heterocycles. The fourth-order valence-corrected chi connectivity index (χ4v) is 2.05. The molecule has 3 rings (SSSR count). The first-order chi connectivity index (χ1) is 8.22. The number of aryl methyl sites for hydroxylation is 1. The van der Waals surface area contributed by atoms with Gasteiger partial charge in [0.25, 0.3) is 0 Å². The van der Waals surface area contributed by atoms with Gasteiger partial charge in [-0.15, -0.1) is 12.4 Å². The number of nitrogens with two attached hydrogens (primary N) is 1. The standard InChI is InChI=1S/C12H13FN4.ClH/c13-9-3-1-8(2-4-9)12-15-11-7-10(14)5-6-17(11)16-12;/h1-4,10H,5-7,14H2;1H. The molecule has 1 aliphatic heterocycles. The maximum Gasteiger partial charge on any atom is 0.181 e. The number of nitrogens with zero attached hydrogens (tertiary/aromatic N) is 3. The SMILES string of the molecule is Cl.NC1CCn2nc(-c3ccc(F)cc3)nc2C1. The molecule has 0 spiro atoms.